The van der Waals surface area contributed by atoms with Gasteiger partial charge in [0, 0.05) is 38.0 Å². The van der Waals surface area contributed by atoms with E-state index < -0.39 is 0 Å². The lowest BCUT2D eigenvalue weighted by atomic mass is 10.1. The fourth-order valence-corrected chi connectivity index (χ4v) is 1.59. The Morgan fingerprint density at radius 2 is 2.24 bits per heavy atom. The van der Waals surface area contributed by atoms with Gasteiger partial charge in [-0.15, -0.1) is 0 Å². The zero-order chi connectivity index (χ0) is 12.7. The minimum absolute atomic E-state index is 0.202. The second-order valence-electron chi connectivity index (χ2n) is 4.88. The van der Waals surface area contributed by atoms with Crippen LogP contribution >= 0.6 is 0 Å². The van der Waals surface area contributed by atoms with Gasteiger partial charge in [-0.05, 0) is 12.3 Å². The minimum atomic E-state index is 0.202. The summed E-state index contributed by atoms with van der Waals surface area (Å²) in [4.78, 5) is 4.35. The van der Waals surface area contributed by atoms with E-state index in [2.05, 4.69) is 30.3 Å². The van der Waals surface area contributed by atoms with Crippen LogP contribution in [-0.2, 0) is 17.7 Å². The van der Waals surface area contributed by atoms with E-state index in [1.807, 2.05) is 12.4 Å². The van der Waals surface area contributed by atoms with E-state index in [-0.39, 0.29) is 6.04 Å². The zero-order valence-electron chi connectivity index (χ0n) is 11.2. The molecule has 98 valence electrons. The number of aromatic nitrogens is 2. The van der Waals surface area contributed by atoms with Crippen molar-refractivity contribution in [2.75, 3.05) is 13.2 Å². The molecule has 2 N–H and O–H groups in total. The monoisotopic (exact) mass is 239 g/mol. The Kier molecular flexibility index (Phi) is 6.22. The summed E-state index contributed by atoms with van der Waals surface area (Å²) in [5.41, 5.74) is 5.94. The van der Waals surface area contributed by atoms with Crippen LogP contribution in [0.1, 0.15) is 33.0 Å². The molecule has 1 unspecified atom stereocenters. The van der Waals surface area contributed by atoms with Gasteiger partial charge in [-0.1, -0.05) is 20.8 Å². The van der Waals surface area contributed by atoms with Gasteiger partial charge >= 0.3 is 0 Å². The summed E-state index contributed by atoms with van der Waals surface area (Å²) < 4.78 is 7.71. The maximum atomic E-state index is 5.94. The van der Waals surface area contributed by atoms with E-state index in [1.54, 1.807) is 0 Å². The number of nitrogens with zero attached hydrogens (tertiary/aromatic N) is 2. The second kappa shape index (κ2) is 7.45. The number of hydrogen-bond acceptors (Lipinski definition) is 3. The summed E-state index contributed by atoms with van der Waals surface area (Å²) in [5, 5.41) is 0. The predicted molar refractivity (Wildman–Crippen MR) is 69.9 cm³/mol. The van der Waals surface area contributed by atoms with Gasteiger partial charge in [-0.2, -0.15) is 0 Å². The van der Waals surface area contributed by atoms with Gasteiger partial charge in [0.25, 0.3) is 0 Å². The number of nitrogens with two attached hydrogens (primary N) is 1. The van der Waals surface area contributed by atoms with Gasteiger partial charge in [0.15, 0.2) is 0 Å². The van der Waals surface area contributed by atoms with Crippen LogP contribution in [0.25, 0.3) is 0 Å². The Bertz CT molecular complexity index is 309. The molecule has 0 spiro atoms. The van der Waals surface area contributed by atoms with Crippen LogP contribution < -0.4 is 5.73 Å². The van der Waals surface area contributed by atoms with Crippen molar-refractivity contribution in [3.63, 3.8) is 0 Å². The number of imidazole rings is 1. The molecule has 4 heteroatoms. The summed E-state index contributed by atoms with van der Waals surface area (Å²) in [7, 11) is 0. The van der Waals surface area contributed by atoms with Crippen LogP contribution in [0.2, 0.25) is 0 Å². The largest absolute Gasteiger partial charge is 0.379 e. The molecule has 0 aliphatic heterocycles. The molecular weight excluding hydrogens is 214 g/mol. The molecular formula is C13H25N3O. The first-order valence-electron chi connectivity index (χ1n) is 6.46. The Morgan fingerprint density at radius 1 is 1.47 bits per heavy atom. The van der Waals surface area contributed by atoms with E-state index in [4.69, 9.17) is 10.5 Å². The van der Waals surface area contributed by atoms with Gasteiger partial charge in [-0.3, -0.25) is 0 Å². The fraction of sp³-hybridized carbons (Fsp3) is 0.769. The quantitative estimate of drug-likeness (QED) is 0.704. The predicted octanol–water partition coefficient (Wildman–Crippen LogP) is 1.84. The normalized spacial score (nSPS) is 13.2. The number of ether oxygens (including phenoxy) is 1. The first-order valence-corrected chi connectivity index (χ1v) is 6.46. The van der Waals surface area contributed by atoms with E-state index in [9.17, 15) is 0 Å². The third-order valence-corrected chi connectivity index (χ3v) is 2.70. The van der Waals surface area contributed by atoms with Gasteiger partial charge in [-0.25, -0.2) is 4.98 Å². The van der Waals surface area contributed by atoms with Crippen LogP contribution in [0.5, 0.6) is 0 Å². The molecule has 0 amide bonds. The highest BCUT2D eigenvalue weighted by atomic mass is 16.5. The summed E-state index contributed by atoms with van der Waals surface area (Å²) in [6.07, 6.45) is 5.65. The molecule has 0 bridgehead atoms. The smallest absolute Gasteiger partial charge is 0.110 e. The third kappa shape index (κ3) is 5.33. The van der Waals surface area contributed by atoms with Crippen molar-refractivity contribution < 1.29 is 4.74 Å². The first kappa shape index (κ1) is 14.2. The van der Waals surface area contributed by atoms with Crippen LogP contribution in [0.15, 0.2) is 12.4 Å². The van der Waals surface area contributed by atoms with Gasteiger partial charge in [0.2, 0.25) is 0 Å². The topological polar surface area (TPSA) is 53.1 Å². The molecule has 1 aromatic rings. The van der Waals surface area contributed by atoms with Crippen LogP contribution in [-0.4, -0.2) is 28.8 Å². The van der Waals surface area contributed by atoms with Crippen LogP contribution in [0.3, 0.4) is 0 Å². The lowest BCUT2D eigenvalue weighted by molar-refractivity contribution is 0.102. The average Bonchev–Trinajstić information content (AvgIpc) is 2.71. The number of rotatable bonds is 8. The van der Waals surface area contributed by atoms with E-state index in [0.717, 1.165) is 38.4 Å². The standard InChI is InChI=1S/C13H25N3O/c1-4-12(14)9-13-15-5-6-16(13)7-8-17-10-11(2)3/h5-6,11-12H,4,7-10,14H2,1-3H3. The highest BCUT2D eigenvalue weighted by Crippen LogP contribution is 2.03. The van der Waals surface area contributed by atoms with Crippen molar-refractivity contribution in [2.24, 2.45) is 11.7 Å². The molecule has 1 rings (SSSR count). The van der Waals surface area contributed by atoms with Crippen LogP contribution in [0.4, 0.5) is 0 Å². The first-order chi connectivity index (χ1) is 8.13. The third-order valence-electron chi connectivity index (χ3n) is 2.70. The van der Waals surface area contributed by atoms with E-state index in [0.29, 0.717) is 5.92 Å². The lowest BCUT2D eigenvalue weighted by Gasteiger charge is -2.12. The summed E-state index contributed by atoms with van der Waals surface area (Å²) in [6.45, 7) is 8.83. The van der Waals surface area contributed by atoms with Gasteiger partial charge in [0.05, 0.1) is 6.61 Å². The fourth-order valence-electron chi connectivity index (χ4n) is 1.59. The molecule has 1 aromatic heterocycles. The van der Waals surface area contributed by atoms with Crippen molar-refractivity contribution in [2.45, 2.75) is 46.2 Å². The van der Waals surface area contributed by atoms with Crippen molar-refractivity contribution in [1.29, 1.82) is 0 Å². The molecule has 0 saturated carbocycles. The average molecular weight is 239 g/mol. The zero-order valence-corrected chi connectivity index (χ0v) is 11.2. The molecule has 17 heavy (non-hydrogen) atoms. The van der Waals surface area contributed by atoms with Crippen LogP contribution in [0, 0.1) is 5.92 Å². The van der Waals surface area contributed by atoms with Crippen molar-refractivity contribution in [1.82, 2.24) is 9.55 Å². The molecule has 0 aliphatic carbocycles. The Labute approximate surface area is 104 Å². The van der Waals surface area contributed by atoms with E-state index in [1.165, 1.54) is 0 Å². The van der Waals surface area contributed by atoms with Crippen molar-refractivity contribution >= 4 is 0 Å². The maximum absolute atomic E-state index is 5.94. The molecule has 0 saturated heterocycles. The summed E-state index contributed by atoms with van der Waals surface area (Å²) >= 11 is 0. The van der Waals surface area contributed by atoms with E-state index >= 15 is 0 Å². The summed E-state index contributed by atoms with van der Waals surface area (Å²) in [5.74, 6) is 1.65. The Hall–Kier alpha value is -0.870. The summed E-state index contributed by atoms with van der Waals surface area (Å²) in [6, 6.07) is 0.202. The molecule has 4 nitrogen and oxygen atoms in total. The van der Waals surface area contributed by atoms with Crippen molar-refractivity contribution in [3.8, 4) is 0 Å². The highest BCUT2D eigenvalue weighted by molar-refractivity contribution is 4.94. The van der Waals surface area contributed by atoms with Gasteiger partial charge in [0.1, 0.15) is 5.82 Å². The molecule has 1 heterocycles. The lowest BCUT2D eigenvalue weighted by Crippen LogP contribution is -2.24. The maximum Gasteiger partial charge on any atom is 0.110 e. The van der Waals surface area contributed by atoms with Crippen molar-refractivity contribution in [3.05, 3.63) is 18.2 Å². The Balaban J connectivity index is 2.35. The molecule has 0 aliphatic rings. The molecule has 0 aromatic carbocycles. The molecule has 0 radical (unpaired) electrons. The SMILES string of the molecule is CCC(N)Cc1nccn1CCOCC(C)C. The van der Waals surface area contributed by atoms with Gasteiger partial charge < -0.3 is 15.0 Å². The Morgan fingerprint density at radius 3 is 2.88 bits per heavy atom. The molecule has 0 fully saturated rings. The number of hydrogen-bond donors (Lipinski definition) is 1. The highest BCUT2D eigenvalue weighted by Gasteiger charge is 2.07. The second-order valence-corrected chi connectivity index (χ2v) is 4.88. The molecule has 1 atom stereocenters. The minimum Gasteiger partial charge on any atom is -0.379 e.